The van der Waals surface area contributed by atoms with Crippen LogP contribution in [0.3, 0.4) is 0 Å². The largest absolute Gasteiger partial charge is 0.494 e. The minimum absolute atomic E-state index is 0.223. The molecule has 9 nitrogen and oxygen atoms in total. The first kappa shape index (κ1) is 28.0. The van der Waals surface area contributed by atoms with Gasteiger partial charge in [-0.05, 0) is 54.6 Å². The molecule has 3 heterocycles. The predicted molar refractivity (Wildman–Crippen MR) is 165 cm³/mol. The monoisotopic (exact) mass is 598 g/mol. The second-order valence-corrected chi connectivity index (χ2v) is 12.0. The molecule has 6 aromatic rings. The van der Waals surface area contributed by atoms with Crippen LogP contribution in [0.25, 0.3) is 55.8 Å². The smallest absolute Gasteiger partial charge is 0.255 e. The zero-order valence-corrected chi connectivity index (χ0v) is 24.5. The van der Waals surface area contributed by atoms with Crippen molar-refractivity contribution in [3.63, 3.8) is 0 Å². The van der Waals surface area contributed by atoms with Crippen molar-refractivity contribution in [2.24, 2.45) is 0 Å². The first-order valence-electron chi connectivity index (χ1n) is 13.2. The number of pyridine rings is 1. The summed E-state index contributed by atoms with van der Waals surface area (Å²) in [4.78, 5) is 21.5. The zero-order valence-electron chi connectivity index (χ0n) is 23.7. The fourth-order valence-corrected chi connectivity index (χ4v) is 5.59. The predicted octanol–water partition coefficient (Wildman–Crippen LogP) is 6.21. The Bertz CT molecular complexity index is 2100. The highest BCUT2D eigenvalue weighted by molar-refractivity contribution is 7.92. The molecular weight excluding hydrogens is 571 g/mol. The molecule has 0 fully saturated rings. The summed E-state index contributed by atoms with van der Waals surface area (Å²) >= 11 is 0. The van der Waals surface area contributed by atoms with E-state index < -0.39 is 21.7 Å². The summed E-state index contributed by atoms with van der Waals surface area (Å²) in [6.07, 6.45) is 1.10. The second-order valence-electron chi connectivity index (χ2n) is 10.0. The lowest BCUT2D eigenvalue weighted by Gasteiger charge is -2.21. The van der Waals surface area contributed by atoms with Gasteiger partial charge < -0.3 is 19.5 Å². The van der Waals surface area contributed by atoms with Crippen molar-refractivity contribution in [3.8, 4) is 39.7 Å². The summed E-state index contributed by atoms with van der Waals surface area (Å²) < 4.78 is 52.2. The van der Waals surface area contributed by atoms with Gasteiger partial charge in [0.2, 0.25) is 10.0 Å². The van der Waals surface area contributed by atoms with E-state index in [-0.39, 0.29) is 22.6 Å². The number of hydrogen-bond acceptors (Lipinski definition) is 6. The summed E-state index contributed by atoms with van der Waals surface area (Å²) in [7, 11) is 0.771. The van der Waals surface area contributed by atoms with E-state index in [9.17, 15) is 17.6 Å². The van der Waals surface area contributed by atoms with E-state index in [1.165, 1.54) is 38.4 Å². The number of rotatable bonds is 7. The number of para-hydroxylation sites is 1. The van der Waals surface area contributed by atoms with Crippen molar-refractivity contribution in [2.75, 3.05) is 31.8 Å². The normalized spacial score (nSPS) is 11.7. The lowest BCUT2D eigenvalue weighted by molar-refractivity contribution is 0.0964. The van der Waals surface area contributed by atoms with Gasteiger partial charge in [-0.1, -0.05) is 18.2 Å². The van der Waals surface area contributed by atoms with E-state index in [1.807, 2.05) is 30.3 Å². The molecule has 2 N–H and O–H groups in total. The van der Waals surface area contributed by atoms with Crippen molar-refractivity contribution < 1.29 is 26.8 Å². The van der Waals surface area contributed by atoms with Crippen LogP contribution in [-0.4, -0.2) is 51.8 Å². The molecule has 0 aliphatic rings. The molecule has 43 heavy (non-hydrogen) atoms. The summed E-state index contributed by atoms with van der Waals surface area (Å²) in [5.41, 5.74) is 4.32. The number of hydrogen-bond donors (Lipinski definition) is 2. The number of fused-ring (bicyclic) bond motifs is 2. The highest BCUT2D eigenvalue weighted by atomic mass is 32.2. The fourth-order valence-electron chi connectivity index (χ4n) is 5.09. The molecular formula is C32H27FN4O5S. The summed E-state index contributed by atoms with van der Waals surface area (Å²) in [6.45, 7) is 0. The highest BCUT2D eigenvalue weighted by Crippen LogP contribution is 2.42. The molecule has 6 rings (SSSR count). The Morgan fingerprint density at radius 2 is 1.79 bits per heavy atom. The third kappa shape index (κ3) is 4.97. The molecule has 0 saturated heterocycles. The van der Waals surface area contributed by atoms with Crippen LogP contribution < -0.4 is 14.4 Å². The molecule has 0 spiro atoms. The molecule has 1 amide bonds. The molecule has 0 saturated carbocycles. The Labute approximate surface area is 247 Å². The van der Waals surface area contributed by atoms with Gasteiger partial charge in [0.25, 0.3) is 5.91 Å². The fraction of sp³-hybridized carbons (Fsp3) is 0.125. The van der Waals surface area contributed by atoms with Gasteiger partial charge in [0.05, 0.1) is 36.0 Å². The van der Waals surface area contributed by atoms with E-state index in [4.69, 9.17) is 14.1 Å². The molecule has 3 aromatic heterocycles. The molecule has 11 heteroatoms. The standard InChI is InChI=1S/C32H27FN4O5S/c1-34-32(38)29-22-16-21(24-13-14-27(41-3)30(36-24)25-15-19-7-5-6-8-23(19)35-25)26(37(2)43(4,39)40)17-28(22)42-31(29)18-9-11-20(33)12-10-18/h5-17,35H,1-4H3,(H,34,38). The minimum Gasteiger partial charge on any atom is -0.494 e. The van der Waals surface area contributed by atoms with Crippen LogP contribution in [0.4, 0.5) is 10.1 Å². The molecule has 218 valence electrons. The number of furan rings is 1. The van der Waals surface area contributed by atoms with Gasteiger partial charge >= 0.3 is 0 Å². The SMILES string of the molecule is CNC(=O)c1c(-c2ccc(F)cc2)oc2cc(N(C)S(C)(=O)=O)c(-c3ccc(OC)c(-c4cc5ccccc5[nH]4)n3)cc12. The van der Waals surface area contributed by atoms with E-state index >= 15 is 0 Å². The summed E-state index contributed by atoms with van der Waals surface area (Å²) in [6, 6.07) is 22.1. The van der Waals surface area contributed by atoms with E-state index in [0.717, 1.165) is 21.5 Å². The van der Waals surface area contributed by atoms with Gasteiger partial charge in [-0.2, -0.15) is 0 Å². The highest BCUT2D eigenvalue weighted by Gasteiger charge is 2.27. The van der Waals surface area contributed by atoms with Crippen LogP contribution in [0.1, 0.15) is 10.4 Å². The molecule has 0 radical (unpaired) electrons. The van der Waals surface area contributed by atoms with Crippen LogP contribution >= 0.6 is 0 Å². The minimum atomic E-state index is -3.72. The molecule has 0 aliphatic heterocycles. The number of H-pyrrole nitrogens is 1. The summed E-state index contributed by atoms with van der Waals surface area (Å²) in [5.74, 6) is -0.116. The van der Waals surface area contributed by atoms with Crippen LogP contribution in [-0.2, 0) is 10.0 Å². The van der Waals surface area contributed by atoms with Gasteiger partial charge in [-0.3, -0.25) is 9.10 Å². The van der Waals surface area contributed by atoms with Gasteiger partial charge in [0.1, 0.15) is 28.6 Å². The van der Waals surface area contributed by atoms with Crippen molar-refractivity contribution in [1.29, 1.82) is 0 Å². The number of carbonyl (C=O) groups excluding carboxylic acids is 1. The Balaban J connectivity index is 1.64. The van der Waals surface area contributed by atoms with Crippen LogP contribution in [0, 0.1) is 5.82 Å². The number of aromatic nitrogens is 2. The molecule has 0 atom stereocenters. The number of aromatic amines is 1. The van der Waals surface area contributed by atoms with Crippen LogP contribution in [0.2, 0.25) is 0 Å². The number of benzene rings is 3. The van der Waals surface area contributed by atoms with Crippen molar-refractivity contribution in [3.05, 3.63) is 90.2 Å². The molecule has 0 aliphatic carbocycles. The number of nitrogens with one attached hydrogen (secondary N) is 2. The van der Waals surface area contributed by atoms with Crippen molar-refractivity contribution in [2.45, 2.75) is 0 Å². The first-order valence-corrected chi connectivity index (χ1v) is 15.1. The Morgan fingerprint density at radius 1 is 1.05 bits per heavy atom. The number of sulfonamides is 1. The third-order valence-corrected chi connectivity index (χ3v) is 8.53. The van der Waals surface area contributed by atoms with E-state index in [1.54, 1.807) is 31.4 Å². The number of amides is 1. The van der Waals surface area contributed by atoms with Crippen molar-refractivity contribution in [1.82, 2.24) is 15.3 Å². The molecule has 0 unspecified atom stereocenters. The zero-order chi connectivity index (χ0) is 30.5. The lowest BCUT2D eigenvalue weighted by atomic mass is 10.0. The number of ether oxygens (including phenoxy) is 1. The maximum absolute atomic E-state index is 13.7. The third-order valence-electron chi connectivity index (χ3n) is 7.34. The average molecular weight is 599 g/mol. The average Bonchev–Trinajstić information content (AvgIpc) is 3.61. The van der Waals surface area contributed by atoms with Gasteiger partial charge in [0.15, 0.2) is 0 Å². The Morgan fingerprint density at radius 3 is 2.47 bits per heavy atom. The van der Waals surface area contributed by atoms with Gasteiger partial charge in [0, 0.05) is 47.6 Å². The van der Waals surface area contributed by atoms with E-state index in [2.05, 4.69) is 10.3 Å². The van der Waals surface area contributed by atoms with Gasteiger partial charge in [-0.25, -0.2) is 17.8 Å². The maximum atomic E-state index is 13.7. The first-order chi connectivity index (χ1) is 20.6. The van der Waals surface area contributed by atoms with Gasteiger partial charge in [-0.15, -0.1) is 0 Å². The number of methoxy groups -OCH3 is 1. The Kier molecular flexibility index (Phi) is 6.89. The van der Waals surface area contributed by atoms with Crippen LogP contribution in [0.5, 0.6) is 5.75 Å². The topological polar surface area (TPSA) is 118 Å². The maximum Gasteiger partial charge on any atom is 0.255 e. The summed E-state index contributed by atoms with van der Waals surface area (Å²) in [5, 5.41) is 4.07. The van der Waals surface area contributed by atoms with E-state index in [0.29, 0.717) is 39.3 Å². The van der Waals surface area contributed by atoms with Crippen LogP contribution in [0.15, 0.2) is 83.3 Å². The molecule has 3 aromatic carbocycles. The lowest BCUT2D eigenvalue weighted by Crippen LogP contribution is -2.25. The second kappa shape index (κ2) is 10.6. The number of nitrogens with zero attached hydrogens (tertiary/aromatic N) is 2. The number of anilines is 1. The number of halogens is 1. The Hall–Kier alpha value is -5.16. The molecule has 0 bridgehead atoms. The van der Waals surface area contributed by atoms with Crippen molar-refractivity contribution >= 4 is 43.5 Å². The quantitative estimate of drug-likeness (QED) is 0.226. The number of carbonyl (C=O) groups is 1.